The quantitative estimate of drug-likeness (QED) is 0.519. The van der Waals surface area contributed by atoms with Gasteiger partial charge in [0.15, 0.2) is 0 Å². The number of anilines is 3. The van der Waals surface area contributed by atoms with Crippen molar-refractivity contribution in [3.8, 4) is 0 Å². The van der Waals surface area contributed by atoms with Crippen LogP contribution >= 0.6 is 0 Å². The fourth-order valence-corrected chi connectivity index (χ4v) is 3.94. The molecule has 1 aliphatic rings. The van der Waals surface area contributed by atoms with E-state index in [1.165, 1.54) is 25.5 Å². The first-order valence-corrected chi connectivity index (χ1v) is 10.3. The van der Waals surface area contributed by atoms with Crippen molar-refractivity contribution in [1.29, 1.82) is 5.41 Å². The number of nitrogens with one attached hydrogen (secondary N) is 4. The second kappa shape index (κ2) is 9.67. The summed E-state index contributed by atoms with van der Waals surface area (Å²) in [6.45, 7) is 2.52. The predicted molar refractivity (Wildman–Crippen MR) is 121 cm³/mol. The molecule has 2 amide bonds. The molecular weight excluding hydrogens is 378 g/mol. The fraction of sp³-hybridized carbons (Fsp3) is 0.455. The van der Waals surface area contributed by atoms with E-state index >= 15 is 0 Å². The monoisotopic (exact) mass is 409 g/mol. The molecule has 0 atom stereocenters. The van der Waals surface area contributed by atoms with Gasteiger partial charge < -0.3 is 20.9 Å². The third kappa shape index (κ3) is 5.33. The zero-order valence-corrected chi connectivity index (χ0v) is 18.0. The molecule has 0 bridgehead atoms. The molecule has 0 aromatic carbocycles. The van der Waals surface area contributed by atoms with Gasteiger partial charge in [-0.2, -0.15) is 0 Å². The smallest absolute Gasteiger partial charge is 0.320 e. The highest BCUT2D eigenvalue weighted by Crippen LogP contribution is 2.31. The van der Waals surface area contributed by atoms with Crippen LogP contribution in [-0.2, 0) is 0 Å². The summed E-state index contributed by atoms with van der Waals surface area (Å²) in [4.78, 5) is 23.2. The number of nitrogens with zero attached hydrogens (tertiary/aromatic N) is 3. The number of carbonyl (C=O) groups excluding carboxylic acids is 1. The molecule has 0 aliphatic heterocycles. The molecule has 0 radical (unpaired) electrons. The topological polar surface area (TPSA) is 106 Å². The van der Waals surface area contributed by atoms with Gasteiger partial charge in [-0.05, 0) is 52.1 Å². The number of urea groups is 1. The lowest BCUT2D eigenvalue weighted by atomic mass is 9.80. The van der Waals surface area contributed by atoms with Crippen molar-refractivity contribution >= 4 is 29.4 Å². The van der Waals surface area contributed by atoms with E-state index in [1.807, 2.05) is 19.1 Å². The number of aryl methyl sites for hydroxylation is 1. The van der Waals surface area contributed by atoms with Gasteiger partial charge in [0, 0.05) is 41.4 Å². The molecule has 2 aromatic heterocycles. The first-order valence-electron chi connectivity index (χ1n) is 10.3. The molecule has 1 saturated carbocycles. The molecule has 0 saturated heterocycles. The summed E-state index contributed by atoms with van der Waals surface area (Å²) in [5.41, 5.74) is 3.10. The van der Waals surface area contributed by atoms with E-state index in [-0.39, 0.29) is 11.6 Å². The van der Waals surface area contributed by atoms with Crippen LogP contribution in [0.3, 0.4) is 0 Å². The zero-order valence-electron chi connectivity index (χ0n) is 18.0. The number of carbonyl (C=O) groups is 1. The van der Waals surface area contributed by atoms with Crippen LogP contribution in [0.5, 0.6) is 0 Å². The largest absolute Gasteiger partial charge is 0.354 e. The average Bonchev–Trinajstić information content (AvgIpc) is 2.74. The lowest BCUT2D eigenvalue weighted by molar-refractivity contribution is 0.101. The minimum absolute atomic E-state index is 0.0135. The second-order valence-electron chi connectivity index (χ2n) is 8.10. The zero-order chi connectivity index (χ0) is 21.6. The summed E-state index contributed by atoms with van der Waals surface area (Å²) in [5, 5.41) is 16.8. The van der Waals surface area contributed by atoms with Gasteiger partial charge in [-0.3, -0.25) is 10.3 Å². The average molecular weight is 410 g/mol. The first kappa shape index (κ1) is 21.7. The molecule has 4 N–H and O–H groups in total. The maximum absolute atomic E-state index is 12.5. The minimum atomic E-state index is -0.282. The molecule has 3 rings (SSSR count). The van der Waals surface area contributed by atoms with Crippen molar-refractivity contribution < 1.29 is 4.79 Å². The number of amides is 2. The predicted octanol–water partition coefficient (Wildman–Crippen LogP) is 3.91. The van der Waals surface area contributed by atoms with Crippen LogP contribution in [0.25, 0.3) is 0 Å². The molecule has 0 spiro atoms. The van der Waals surface area contributed by atoms with Crippen LogP contribution < -0.4 is 16.0 Å². The summed E-state index contributed by atoms with van der Waals surface area (Å²) < 4.78 is 0. The third-order valence-electron chi connectivity index (χ3n) is 5.82. The van der Waals surface area contributed by atoms with Gasteiger partial charge in [-0.15, -0.1) is 0 Å². The highest BCUT2D eigenvalue weighted by molar-refractivity contribution is 5.92. The van der Waals surface area contributed by atoms with Crippen LogP contribution in [0.2, 0.25) is 0 Å². The van der Waals surface area contributed by atoms with Crippen molar-refractivity contribution in [2.75, 3.05) is 31.3 Å². The van der Waals surface area contributed by atoms with Crippen LogP contribution in [0.4, 0.5) is 22.0 Å². The molecule has 160 valence electrons. The van der Waals surface area contributed by atoms with Gasteiger partial charge >= 0.3 is 6.03 Å². The molecule has 1 aliphatic carbocycles. The molecule has 8 heteroatoms. The molecule has 2 heterocycles. The number of aromatic nitrogens is 2. The normalized spacial score (nSPS) is 15.5. The van der Waals surface area contributed by atoms with Gasteiger partial charge in [-0.25, -0.2) is 9.78 Å². The van der Waals surface area contributed by atoms with Gasteiger partial charge in [0.25, 0.3) is 0 Å². The molecule has 2 aromatic rings. The highest BCUT2D eigenvalue weighted by atomic mass is 16.2. The number of rotatable bonds is 7. The SMILES string of the molecule is Cc1cc(Nc2cnc(NC(=O)NCC3(N(C)C)CCCCC3)cc2C=N)ccn1. The van der Waals surface area contributed by atoms with E-state index in [9.17, 15) is 4.79 Å². The maximum atomic E-state index is 12.5. The van der Waals surface area contributed by atoms with E-state index in [0.717, 1.165) is 24.2 Å². The summed E-state index contributed by atoms with van der Waals surface area (Å²) in [5.74, 6) is 0.407. The summed E-state index contributed by atoms with van der Waals surface area (Å²) in [6, 6.07) is 5.17. The van der Waals surface area contributed by atoms with Gasteiger partial charge in [0.2, 0.25) is 0 Å². The van der Waals surface area contributed by atoms with Gasteiger partial charge in [0.1, 0.15) is 5.82 Å². The van der Waals surface area contributed by atoms with E-state index in [0.29, 0.717) is 23.6 Å². The number of likely N-dealkylation sites (N-methyl/N-ethyl adjacent to an activating group) is 1. The third-order valence-corrected chi connectivity index (χ3v) is 5.82. The van der Waals surface area contributed by atoms with E-state index < -0.39 is 0 Å². The van der Waals surface area contributed by atoms with Gasteiger partial charge in [-0.1, -0.05) is 19.3 Å². The summed E-state index contributed by atoms with van der Waals surface area (Å²) >= 11 is 0. The highest BCUT2D eigenvalue weighted by Gasteiger charge is 2.34. The fourth-order valence-electron chi connectivity index (χ4n) is 3.94. The Morgan fingerprint density at radius 2 is 2.00 bits per heavy atom. The number of hydrogen-bond donors (Lipinski definition) is 4. The minimum Gasteiger partial charge on any atom is -0.354 e. The number of hydrogen-bond acceptors (Lipinski definition) is 6. The lowest BCUT2D eigenvalue weighted by Gasteiger charge is -2.43. The van der Waals surface area contributed by atoms with Crippen molar-refractivity contribution in [2.24, 2.45) is 0 Å². The van der Waals surface area contributed by atoms with E-state index in [2.05, 4.69) is 44.9 Å². The standard InChI is InChI=1S/C22H31N7O/c1-16-11-18(7-10-24-16)27-19-14-25-20(12-17(19)13-23)28-21(30)26-15-22(29(2)3)8-5-4-6-9-22/h7,10-14,23H,4-6,8-9,15H2,1-3H3,(H,24,27)(H2,25,26,28,30). The van der Waals surface area contributed by atoms with Gasteiger partial charge in [0.05, 0.1) is 11.9 Å². The summed E-state index contributed by atoms with van der Waals surface area (Å²) in [6.07, 6.45) is 10.4. The number of pyridine rings is 2. The molecule has 8 nitrogen and oxygen atoms in total. The Morgan fingerprint density at radius 1 is 1.23 bits per heavy atom. The molecular formula is C22H31N7O. The Bertz CT molecular complexity index is 891. The molecule has 0 unspecified atom stereocenters. The van der Waals surface area contributed by atoms with Crippen molar-refractivity contribution in [1.82, 2.24) is 20.2 Å². The van der Waals surface area contributed by atoms with Crippen LogP contribution in [0.1, 0.15) is 43.4 Å². The Kier molecular flexibility index (Phi) is 6.99. The second-order valence-corrected chi connectivity index (χ2v) is 8.10. The van der Waals surface area contributed by atoms with Crippen LogP contribution in [-0.4, -0.2) is 53.3 Å². The first-order chi connectivity index (χ1) is 14.4. The van der Waals surface area contributed by atoms with E-state index in [4.69, 9.17) is 5.41 Å². The Balaban J connectivity index is 1.63. The molecule has 1 fully saturated rings. The van der Waals surface area contributed by atoms with Crippen molar-refractivity contribution in [3.63, 3.8) is 0 Å². The van der Waals surface area contributed by atoms with Crippen LogP contribution in [0.15, 0.2) is 30.6 Å². The van der Waals surface area contributed by atoms with Crippen molar-refractivity contribution in [2.45, 2.75) is 44.6 Å². The Hall–Kier alpha value is -3.00. The Labute approximate surface area is 178 Å². The van der Waals surface area contributed by atoms with Crippen molar-refractivity contribution in [3.05, 3.63) is 41.9 Å². The maximum Gasteiger partial charge on any atom is 0.320 e. The molecule has 30 heavy (non-hydrogen) atoms. The Morgan fingerprint density at radius 3 is 2.67 bits per heavy atom. The summed E-state index contributed by atoms with van der Waals surface area (Å²) in [7, 11) is 4.16. The van der Waals surface area contributed by atoms with E-state index in [1.54, 1.807) is 18.5 Å². The van der Waals surface area contributed by atoms with Crippen LogP contribution in [0, 0.1) is 12.3 Å². The lowest BCUT2D eigenvalue weighted by Crippen LogP contribution is -2.54.